The van der Waals surface area contributed by atoms with Gasteiger partial charge < -0.3 is 19.6 Å². The van der Waals surface area contributed by atoms with Crippen molar-refractivity contribution >= 4 is 24.1 Å². The van der Waals surface area contributed by atoms with Crippen LogP contribution >= 0.6 is 12.2 Å². The molecule has 0 bridgehead atoms. The van der Waals surface area contributed by atoms with E-state index in [1.165, 1.54) is 23.3 Å². The van der Waals surface area contributed by atoms with Crippen LogP contribution in [-0.4, -0.2) is 72.7 Å². The molecule has 4 rings (SSSR count). The number of amidine groups is 1. The molecule has 1 unspecified atom stereocenters. The number of thiocarbonyl (C=S) groups is 1. The number of hydrogen-bond acceptors (Lipinski definition) is 6. The smallest absolute Gasteiger partial charge is 0.288 e. The maximum atomic E-state index is 11.9. The van der Waals surface area contributed by atoms with Crippen LogP contribution in [0.25, 0.3) is 0 Å². The van der Waals surface area contributed by atoms with Crippen LogP contribution in [0, 0.1) is 5.82 Å². The quantitative estimate of drug-likeness (QED) is 0.663. The molecule has 2 heterocycles. The van der Waals surface area contributed by atoms with Crippen molar-refractivity contribution in [1.29, 1.82) is 0 Å². The summed E-state index contributed by atoms with van der Waals surface area (Å²) in [5.74, 6) is 2.66. The predicted molar refractivity (Wildman–Crippen MR) is 133 cm³/mol. The minimum atomic E-state index is -0.178. The zero-order chi connectivity index (χ0) is 23.2. The van der Waals surface area contributed by atoms with Crippen LogP contribution in [0.2, 0.25) is 0 Å². The normalized spacial score (nSPS) is 16.7. The van der Waals surface area contributed by atoms with Crippen LogP contribution in [0.3, 0.4) is 0 Å². The first-order valence-electron chi connectivity index (χ1n) is 11.0. The Morgan fingerprint density at radius 3 is 2.47 bits per heavy atom. The predicted octanol–water partition coefficient (Wildman–Crippen LogP) is 3.95. The number of rotatable bonds is 6. The van der Waals surface area contributed by atoms with Crippen molar-refractivity contribution in [3.63, 3.8) is 0 Å². The fourth-order valence-corrected chi connectivity index (χ4v) is 3.62. The van der Waals surface area contributed by atoms with Crippen LogP contribution in [0.15, 0.2) is 59.6 Å². The first kappa shape index (κ1) is 25.9. The summed E-state index contributed by atoms with van der Waals surface area (Å²) in [4.78, 5) is 9.12. The van der Waals surface area contributed by atoms with Gasteiger partial charge in [0.15, 0.2) is 0 Å². The van der Waals surface area contributed by atoms with Crippen LogP contribution in [0.1, 0.15) is 24.0 Å². The van der Waals surface area contributed by atoms with E-state index in [0.717, 1.165) is 58.0 Å². The average Bonchev–Trinajstić information content (AvgIpc) is 3.32. The molecule has 2 aromatic carbocycles. The van der Waals surface area contributed by atoms with E-state index in [1.54, 1.807) is 18.2 Å². The van der Waals surface area contributed by atoms with Crippen molar-refractivity contribution < 1.29 is 14.2 Å². The summed E-state index contributed by atoms with van der Waals surface area (Å²) in [6.07, 6.45) is 3.07. The summed E-state index contributed by atoms with van der Waals surface area (Å²) in [7, 11) is 2.09. The summed E-state index contributed by atoms with van der Waals surface area (Å²) in [6.45, 7) is 4.82. The zero-order valence-corrected chi connectivity index (χ0v) is 19.6. The minimum absolute atomic E-state index is 0.178. The van der Waals surface area contributed by atoms with E-state index in [-0.39, 0.29) is 18.5 Å². The number of aliphatic imine (C=N–C) groups is 1. The highest BCUT2D eigenvalue weighted by Gasteiger charge is 2.27. The minimum Gasteiger partial charge on any atom is -0.460 e. The van der Waals surface area contributed by atoms with E-state index in [4.69, 9.17) is 9.84 Å². The molecule has 1 atom stereocenters. The third-order valence-corrected chi connectivity index (χ3v) is 5.37. The maximum absolute atomic E-state index is 11.9. The van der Waals surface area contributed by atoms with Gasteiger partial charge in [-0.2, -0.15) is 0 Å². The molecule has 0 amide bonds. The van der Waals surface area contributed by atoms with E-state index in [9.17, 15) is 4.39 Å². The Bertz CT molecular complexity index is 822. The molecule has 2 aliphatic heterocycles. The van der Waals surface area contributed by atoms with Crippen molar-refractivity contribution in [1.82, 2.24) is 9.80 Å². The van der Waals surface area contributed by atoms with Crippen LogP contribution in [-0.2, 0) is 17.7 Å². The third-order valence-electron chi connectivity index (χ3n) is 5.37. The van der Waals surface area contributed by atoms with E-state index in [1.807, 2.05) is 0 Å². The van der Waals surface area contributed by atoms with Gasteiger partial charge in [-0.25, -0.2) is 9.38 Å². The molecule has 174 valence electrons. The van der Waals surface area contributed by atoms with Crippen molar-refractivity contribution in [2.45, 2.75) is 31.9 Å². The first-order valence-corrected chi connectivity index (χ1v) is 11.5. The summed E-state index contributed by atoms with van der Waals surface area (Å²) in [5, 5.41) is 8.87. The lowest BCUT2D eigenvalue weighted by Crippen LogP contribution is -2.37. The molecule has 0 fully saturated rings. The molecule has 0 aromatic heterocycles. The molecule has 1 N–H and O–H groups in total. The summed E-state index contributed by atoms with van der Waals surface area (Å²) in [5.41, 5.74) is 2.83. The molecular weight excluding hydrogens is 425 g/mol. The third kappa shape index (κ3) is 8.65. The number of benzene rings is 2. The lowest BCUT2D eigenvalue weighted by atomic mass is 10.0. The van der Waals surface area contributed by atoms with Crippen molar-refractivity contribution in [3.8, 4) is 0 Å². The largest absolute Gasteiger partial charge is 0.460 e. The Balaban J connectivity index is 0.000000340. The van der Waals surface area contributed by atoms with Gasteiger partial charge in [-0.05, 0) is 55.4 Å². The fraction of sp³-hybridized carbons (Fsp3) is 0.440. The molecular formula is C25H34FN3O2S. The van der Waals surface area contributed by atoms with Gasteiger partial charge in [-0.15, -0.1) is 0 Å². The molecule has 2 aliphatic rings. The molecule has 0 saturated heterocycles. The zero-order valence-electron chi connectivity index (χ0n) is 18.8. The van der Waals surface area contributed by atoms with Gasteiger partial charge in [-0.1, -0.05) is 54.7 Å². The Morgan fingerprint density at radius 1 is 1.12 bits per heavy atom. The topological polar surface area (TPSA) is 48.3 Å². The highest BCUT2D eigenvalue weighted by molar-refractivity contribution is 7.77. The lowest BCUT2D eigenvalue weighted by molar-refractivity contribution is 0.153. The van der Waals surface area contributed by atoms with Gasteiger partial charge in [-0.3, -0.25) is 0 Å². The highest BCUT2D eigenvalue weighted by Crippen LogP contribution is 2.21. The summed E-state index contributed by atoms with van der Waals surface area (Å²) < 4.78 is 18.0. The van der Waals surface area contributed by atoms with E-state index >= 15 is 0 Å². The van der Waals surface area contributed by atoms with Gasteiger partial charge in [0, 0.05) is 32.8 Å². The Morgan fingerprint density at radius 2 is 1.81 bits per heavy atom. The maximum Gasteiger partial charge on any atom is 0.288 e. The molecule has 0 spiro atoms. The summed E-state index contributed by atoms with van der Waals surface area (Å²) >= 11 is 3.83. The molecule has 0 saturated carbocycles. The second kappa shape index (κ2) is 14.7. The van der Waals surface area contributed by atoms with E-state index < -0.39 is 0 Å². The summed E-state index contributed by atoms with van der Waals surface area (Å²) in [6, 6.07) is 17.4. The molecule has 0 radical (unpaired) electrons. The number of halogens is 1. The highest BCUT2D eigenvalue weighted by atomic mass is 32.1. The molecule has 7 heteroatoms. The fourth-order valence-electron chi connectivity index (χ4n) is 3.62. The number of aliphatic hydroxyl groups excluding tert-OH is 1. The molecule has 2 aromatic rings. The average molecular weight is 460 g/mol. The van der Waals surface area contributed by atoms with Gasteiger partial charge in [0.2, 0.25) is 0 Å². The van der Waals surface area contributed by atoms with Gasteiger partial charge in [0.25, 0.3) is 6.02 Å². The van der Waals surface area contributed by atoms with Crippen LogP contribution < -0.4 is 0 Å². The van der Waals surface area contributed by atoms with Gasteiger partial charge in [0.05, 0.1) is 6.54 Å². The second-order valence-electron chi connectivity index (χ2n) is 7.77. The Labute approximate surface area is 196 Å². The molecule has 5 nitrogen and oxygen atoms in total. The van der Waals surface area contributed by atoms with Crippen molar-refractivity contribution in [3.05, 3.63) is 71.5 Å². The number of fused-ring (bicyclic) bond motifs is 1. The molecule has 0 aliphatic carbocycles. The number of hydrogen-bond donors (Lipinski definition) is 1. The number of ether oxygens (including phenoxy) is 1. The van der Waals surface area contributed by atoms with Crippen LogP contribution in [0.4, 0.5) is 4.39 Å². The monoisotopic (exact) mass is 459 g/mol. The number of aliphatic hydroxyl groups is 1. The first-order chi connectivity index (χ1) is 15.7. The van der Waals surface area contributed by atoms with Gasteiger partial charge in [0.1, 0.15) is 11.9 Å². The Kier molecular flexibility index (Phi) is 11.9. The second-order valence-corrected chi connectivity index (χ2v) is 7.77. The SMILES string of the molecule is C=S.CN(CCCO)CCC1CN=C(N2CCc3ccccc3C2)O1.Fc1ccccc1. The standard InChI is InChI=1S/C18H27N3O2.C6H5F.CH2S/c1-20(9-4-12-22)10-8-17-13-19-18(23-17)21-11-7-15-5-2-3-6-16(15)14-21;7-6-4-2-1-3-5-6;1-2/h2-3,5-6,17,22H,4,7-14H2,1H3;1-5H;1H2. The van der Waals surface area contributed by atoms with Crippen molar-refractivity contribution in [2.75, 3.05) is 39.8 Å². The number of nitrogens with zero attached hydrogens (tertiary/aromatic N) is 3. The van der Waals surface area contributed by atoms with Crippen LogP contribution in [0.5, 0.6) is 0 Å². The van der Waals surface area contributed by atoms with Gasteiger partial charge >= 0.3 is 0 Å². The lowest BCUT2D eigenvalue weighted by Gasteiger charge is -2.30. The van der Waals surface area contributed by atoms with E-state index in [2.05, 4.69) is 64.2 Å². The van der Waals surface area contributed by atoms with E-state index in [0.29, 0.717) is 0 Å². The Hall–Kier alpha value is -2.35. The molecule has 32 heavy (non-hydrogen) atoms. The van der Waals surface area contributed by atoms with Crippen molar-refractivity contribution in [2.24, 2.45) is 4.99 Å².